The number of fused-ring (bicyclic) bond motifs is 1. The summed E-state index contributed by atoms with van der Waals surface area (Å²) in [4.78, 5) is 17.9. The molecule has 0 aromatic carbocycles. The number of hydrogen-bond donors (Lipinski definition) is 3. The number of rotatable bonds is 2. The first kappa shape index (κ1) is 6.84. The molecule has 1 aromatic heterocycles. The van der Waals surface area contributed by atoms with Crippen molar-refractivity contribution in [2.45, 2.75) is 6.29 Å². The first-order chi connectivity index (χ1) is 5.90. The van der Waals surface area contributed by atoms with Crippen LogP contribution < -0.4 is 16.0 Å². The predicted molar refractivity (Wildman–Crippen MR) is 42.3 cm³/mol. The van der Waals surface area contributed by atoms with Crippen LogP contribution in [0.5, 0.6) is 0 Å². The minimum absolute atomic E-state index is 0.283. The molecule has 1 amide bonds. The second kappa shape index (κ2) is 2.65. The lowest BCUT2D eigenvalue weighted by atomic mass is 10.5. The van der Waals surface area contributed by atoms with Crippen molar-refractivity contribution in [1.29, 1.82) is 0 Å². The standard InChI is InChI=1S/C6H7N5O/c12-3-9-6-10-4-1-7-2-8-5(4)11-6/h1-3,6,10H,(H,9,12)(H,7,8,11). The Hall–Kier alpha value is -1.85. The van der Waals surface area contributed by atoms with Crippen molar-refractivity contribution < 1.29 is 4.79 Å². The summed E-state index contributed by atoms with van der Waals surface area (Å²) >= 11 is 0. The highest BCUT2D eigenvalue weighted by atomic mass is 16.1. The van der Waals surface area contributed by atoms with Gasteiger partial charge in [0.15, 0.2) is 12.1 Å². The van der Waals surface area contributed by atoms with Crippen LogP contribution in [0.3, 0.4) is 0 Å². The van der Waals surface area contributed by atoms with Gasteiger partial charge >= 0.3 is 0 Å². The van der Waals surface area contributed by atoms with E-state index in [-0.39, 0.29) is 6.29 Å². The van der Waals surface area contributed by atoms with Crippen molar-refractivity contribution in [1.82, 2.24) is 15.3 Å². The van der Waals surface area contributed by atoms with Gasteiger partial charge in [-0.2, -0.15) is 0 Å². The third-order valence-corrected chi connectivity index (χ3v) is 1.53. The zero-order chi connectivity index (χ0) is 8.39. The molecule has 0 fully saturated rings. The number of aromatic nitrogens is 2. The maximum atomic E-state index is 10.1. The third-order valence-electron chi connectivity index (χ3n) is 1.53. The van der Waals surface area contributed by atoms with Gasteiger partial charge in [0.2, 0.25) is 6.41 Å². The zero-order valence-electron chi connectivity index (χ0n) is 6.11. The van der Waals surface area contributed by atoms with Gasteiger partial charge in [-0.3, -0.25) is 4.79 Å². The van der Waals surface area contributed by atoms with E-state index < -0.39 is 0 Å². The van der Waals surface area contributed by atoms with Gasteiger partial charge in [0.25, 0.3) is 0 Å². The lowest BCUT2D eigenvalue weighted by Gasteiger charge is -2.08. The van der Waals surface area contributed by atoms with Crippen LogP contribution in [0.2, 0.25) is 0 Å². The Bertz CT molecular complexity index is 277. The molecule has 1 atom stereocenters. The summed E-state index contributed by atoms with van der Waals surface area (Å²) in [5.41, 5.74) is 0.789. The Labute approximate surface area is 68.4 Å². The Morgan fingerprint density at radius 2 is 2.50 bits per heavy atom. The minimum atomic E-state index is -0.283. The van der Waals surface area contributed by atoms with Crippen molar-refractivity contribution in [2.75, 3.05) is 10.6 Å². The van der Waals surface area contributed by atoms with Crippen molar-refractivity contribution in [3.05, 3.63) is 12.5 Å². The van der Waals surface area contributed by atoms with Gasteiger partial charge < -0.3 is 16.0 Å². The number of nitrogens with zero attached hydrogens (tertiary/aromatic N) is 2. The summed E-state index contributed by atoms with van der Waals surface area (Å²) in [5, 5.41) is 8.41. The van der Waals surface area contributed by atoms with Crippen LogP contribution in [-0.4, -0.2) is 22.7 Å². The quantitative estimate of drug-likeness (QED) is 0.507. The summed E-state index contributed by atoms with van der Waals surface area (Å²) in [6, 6.07) is 0. The zero-order valence-corrected chi connectivity index (χ0v) is 6.11. The number of carbonyl (C=O) groups is 1. The number of amides is 1. The molecule has 0 saturated heterocycles. The van der Waals surface area contributed by atoms with Crippen molar-refractivity contribution in [3.63, 3.8) is 0 Å². The fourth-order valence-corrected chi connectivity index (χ4v) is 1.03. The molecule has 12 heavy (non-hydrogen) atoms. The smallest absolute Gasteiger partial charge is 0.210 e. The van der Waals surface area contributed by atoms with E-state index in [9.17, 15) is 4.79 Å². The highest BCUT2D eigenvalue weighted by Gasteiger charge is 2.18. The number of nitrogens with one attached hydrogen (secondary N) is 3. The Kier molecular flexibility index (Phi) is 1.51. The predicted octanol–water partition coefficient (Wildman–Crippen LogP) is -0.656. The van der Waals surface area contributed by atoms with E-state index in [1.165, 1.54) is 6.33 Å². The average molecular weight is 165 g/mol. The van der Waals surface area contributed by atoms with Gasteiger partial charge in [-0.15, -0.1) is 0 Å². The molecule has 1 aromatic rings. The average Bonchev–Trinajstić information content (AvgIpc) is 2.47. The largest absolute Gasteiger partial charge is 0.344 e. The van der Waals surface area contributed by atoms with Gasteiger partial charge in [0.05, 0.1) is 11.9 Å². The van der Waals surface area contributed by atoms with Crippen LogP contribution in [0.15, 0.2) is 12.5 Å². The Balaban J connectivity index is 2.16. The molecule has 1 aliphatic heterocycles. The lowest BCUT2D eigenvalue weighted by Crippen LogP contribution is -2.37. The van der Waals surface area contributed by atoms with Crippen molar-refractivity contribution in [2.24, 2.45) is 0 Å². The second-order valence-electron chi connectivity index (χ2n) is 2.29. The number of anilines is 2. The summed E-state index contributed by atoms with van der Waals surface area (Å²) < 4.78 is 0. The normalized spacial score (nSPS) is 18.8. The summed E-state index contributed by atoms with van der Waals surface area (Å²) in [5.74, 6) is 0.698. The molecule has 3 N–H and O–H groups in total. The van der Waals surface area contributed by atoms with Crippen LogP contribution in [-0.2, 0) is 4.79 Å². The molecule has 0 spiro atoms. The molecule has 0 aliphatic carbocycles. The molecule has 62 valence electrons. The van der Waals surface area contributed by atoms with Crippen LogP contribution >= 0.6 is 0 Å². The topological polar surface area (TPSA) is 78.9 Å². The van der Waals surface area contributed by atoms with Crippen LogP contribution in [0, 0.1) is 0 Å². The van der Waals surface area contributed by atoms with Gasteiger partial charge in [-0.1, -0.05) is 0 Å². The van der Waals surface area contributed by atoms with E-state index in [2.05, 4.69) is 25.9 Å². The maximum absolute atomic E-state index is 10.1. The van der Waals surface area contributed by atoms with E-state index in [4.69, 9.17) is 0 Å². The molecule has 1 unspecified atom stereocenters. The molecular weight excluding hydrogens is 158 g/mol. The molecule has 6 heteroatoms. The molecule has 1 aliphatic rings. The van der Waals surface area contributed by atoms with Gasteiger partial charge in [0.1, 0.15) is 6.33 Å². The fourth-order valence-electron chi connectivity index (χ4n) is 1.03. The molecule has 0 radical (unpaired) electrons. The van der Waals surface area contributed by atoms with Crippen LogP contribution in [0.1, 0.15) is 0 Å². The summed E-state index contributed by atoms with van der Waals surface area (Å²) in [7, 11) is 0. The Morgan fingerprint density at radius 3 is 3.25 bits per heavy atom. The monoisotopic (exact) mass is 165 g/mol. The highest BCUT2D eigenvalue weighted by molar-refractivity contribution is 5.70. The first-order valence-corrected chi connectivity index (χ1v) is 3.43. The molecule has 6 nitrogen and oxygen atoms in total. The SMILES string of the molecule is O=CNC1Nc2cncnc2N1. The van der Waals surface area contributed by atoms with Crippen molar-refractivity contribution in [3.8, 4) is 0 Å². The molecule has 2 rings (SSSR count). The lowest BCUT2D eigenvalue weighted by molar-refractivity contribution is -0.109. The van der Waals surface area contributed by atoms with E-state index in [1.54, 1.807) is 6.20 Å². The maximum Gasteiger partial charge on any atom is 0.210 e. The van der Waals surface area contributed by atoms with Crippen LogP contribution in [0.4, 0.5) is 11.5 Å². The van der Waals surface area contributed by atoms with Gasteiger partial charge in [-0.25, -0.2) is 9.97 Å². The van der Waals surface area contributed by atoms with Crippen molar-refractivity contribution >= 4 is 17.9 Å². The van der Waals surface area contributed by atoms with Gasteiger partial charge in [-0.05, 0) is 0 Å². The Morgan fingerprint density at radius 1 is 1.58 bits per heavy atom. The number of hydrogen-bond acceptors (Lipinski definition) is 5. The molecule has 0 saturated carbocycles. The minimum Gasteiger partial charge on any atom is -0.344 e. The van der Waals surface area contributed by atoms with E-state index in [1.807, 2.05) is 0 Å². The number of carbonyl (C=O) groups excluding carboxylic acids is 1. The second-order valence-corrected chi connectivity index (χ2v) is 2.29. The van der Waals surface area contributed by atoms with Gasteiger partial charge in [0, 0.05) is 0 Å². The molecule has 2 heterocycles. The van der Waals surface area contributed by atoms with Crippen LogP contribution in [0.25, 0.3) is 0 Å². The molecule has 0 bridgehead atoms. The van der Waals surface area contributed by atoms with E-state index >= 15 is 0 Å². The highest BCUT2D eigenvalue weighted by Crippen LogP contribution is 2.22. The first-order valence-electron chi connectivity index (χ1n) is 3.43. The summed E-state index contributed by atoms with van der Waals surface area (Å²) in [6.07, 6.45) is 3.41. The fraction of sp³-hybridized carbons (Fsp3) is 0.167. The van der Waals surface area contributed by atoms with E-state index in [0.717, 1.165) is 5.69 Å². The third kappa shape index (κ3) is 1.03. The van der Waals surface area contributed by atoms with E-state index in [0.29, 0.717) is 12.2 Å². The molecular formula is C6H7N5O. The summed E-state index contributed by atoms with van der Waals surface area (Å²) in [6.45, 7) is 0.